The van der Waals surface area contributed by atoms with Gasteiger partial charge in [0.25, 0.3) is 5.91 Å². The number of nitrogens with zero attached hydrogens (tertiary/aromatic N) is 2. The lowest BCUT2D eigenvalue weighted by molar-refractivity contribution is 0.0954. The summed E-state index contributed by atoms with van der Waals surface area (Å²) < 4.78 is 1.51. The molecule has 0 heterocycles. The van der Waals surface area contributed by atoms with Crippen molar-refractivity contribution in [3.63, 3.8) is 0 Å². The number of hydrogen-bond acceptors (Lipinski definition) is 4. The molecule has 2 aromatic carbocycles. The van der Waals surface area contributed by atoms with Crippen LogP contribution >= 0.6 is 43.5 Å². The number of carbonyl (C=O) groups excluding carboxylic acids is 1. The van der Waals surface area contributed by atoms with Crippen LogP contribution in [0.15, 0.2) is 61.7 Å². The molecule has 0 saturated carbocycles. The lowest BCUT2D eigenvalue weighted by Crippen LogP contribution is -2.21. The minimum atomic E-state index is -0.405. The van der Waals surface area contributed by atoms with Crippen molar-refractivity contribution in [2.24, 2.45) is 10.3 Å². The van der Waals surface area contributed by atoms with Crippen LogP contribution < -0.4 is 5.43 Å². The molecule has 1 N–H and O–H groups in total. The van der Waals surface area contributed by atoms with E-state index in [0.29, 0.717) is 21.9 Å². The first kappa shape index (κ1) is 17.8. The van der Waals surface area contributed by atoms with Gasteiger partial charge in [0.2, 0.25) is 0 Å². The predicted molar refractivity (Wildman–Crippen MR) is 98.0 cm³/mol. The van der Waals surface area contributed by atoms with Gasteiger partial charge >= 0.3 is 0 Å². The molecule has 0 aliphatic rings. The number of benzene rings is 2. The molecule has 0 atom stereocenters. The third kappa shape index (κ3) is 5.23. The first-order valence-electron chi connectivity index (χ1n) is 6.37. The minimum absolute atomic E-state index is 0.178. The fourth-order valence-electron chi connectivity index (χ4n) is 1.79. The first-order valence-corrected chi connectivity index (χ1v) is 8.34. The maximum Gasteiger partial charge on any atom is 0.271 e. The van der Waals surface area contributed by atoms with Gasteiger partial charge in [-0.15, -0.1) is 0 Å². The van der Waals surface area contributed by atoms with E-state index in [4.69, 9.17) is 11.6 Å². The maximum absolute atomic E-state index is 12.2. The molecule has 118 valence electrons. The highest BCUT2D eigenvalue weighted by Crippen LogP contribution is 2.20. The van der Waals surface area contributed by atoms with Crippen molar-refractivity contribution >= 4 is 55.1 Å². The Morgan fingerprint density at radius 3 is 2.39 bits per heavy atom. The second-order valence-corrected chi connectivity index (χ2v) is 6.72. The quantitative estimate of drug-likeness (QED) is 0.398. The normalized spacial score (nSPS) is 11.2. The number of hydrazone groups is 1. The van der Waals surface area contributed by atoms with Crippen LogP contribution in [0.3, 0.4) is 0 Å². The Kier molecular flexibility index (Phi) is 6.44. The second-order valence-electron chi connectivity index (χ2n) is 4.46. The highest BCUT2D eigenvalue weighted by molar-refractivity contribution is 9.11. The van der Waals surface area contributed by atoms with Crippen LogP contribution in [0.1, 0.15) is 15.9 Å². The van der Waals surface area contributed by atoms with Gasteiger partial charge in [-0.2, -0.15) is 10.0 Å². The molecule has 5 nitrogen and oxygen atoms in total. The Labute approximate surface area is 154 Å². The first-order chi connectivity index (χ1) is 11.0. The van der Waals surface area contributed by atoms with Crippen LogP contribution in [0.25, 0.3) is 0 Å². The zero-order chi connectivity index (χ0) is 16.8. The number of halogens is 3. The standard InChI is InChI=1S/C15H10Br2ClN3O2/c16-11-4-10(5-12(17)7-11)15(22)21-20-14(8-19-23)9-2-1-3-13(18)6-9/h1-7H,8H2,(H,21,22). The third-order valence-corrected chi connectivity index (χ3v) is 3.94. The fraction of sp³-hybridized carbons (Fsp3) is 0.0667. The molecular weight excluding hydrogens is 449 g/mol. The summed E-state index contributed by atoms with van der Waals surface area (Å²) in [4.78, 5) is 22.7. The molecule has 0 aliphatic heterocycles. The summed E-state index contributed by atoms with van der Waals surface area (Å²) in [5.74, 6) is -0.405. The number of rotatable bonds is 5. The smallest absolute Gasteiger partial charge is 0.267 e. The largest absolute Gasteiger partial charge is 0.271 e. The van der Waals surface area contributed by atoms with E-state index < -0.39 is 5.91 Å². The highest BCUT2D eigenvalue weighted by atomic mass is 79.9. The van der Waals surface area contributed by atoms with Crippen LogP contribution in [0, 0.1) is 4.91 Å². The number of nitroso groups, excluding NO2 is 1. The van der Waals surface area contributed by atoms with E-state index >= 15 is 0 Å². The van der Waals surface area contributed by atoms with E-state index in [9.17, 15) is 9.70 Å². The van der Waals surface area contributed by atoms with Crippen LogP contribution in [0.2, 0.25) is 5.02 Å². The molecule has 23 heavy (non-hydrogen) atoms. The number of amides is 1. The van der Waals surface area contributed by atoms with Gasteiger partial charge in [0.15, 0.2) is 0 Å². The van der Waals surface area contributed by atoms with Crippen molar-refractivity contribution in [1.82, 2.24) is 5.43 Å². The SMILES string of the molecule is O=NCC(=NNC(=O)c1cc(Br)cc(Br)c1)c1cccc(Cl)c1. The summed E-state index contributed by atoms with van der Waals surface area (Å²) in [6, 6.07) is 11.9. The van der Waals surface area contributed by atoms with Crippen molar-refractivity contribution in [1.29, 1.82) is 0 Å². The van der Waals surface area contributed by atoms with Crippen LogP contribution in [0.5, 0.6) is 0 Å². The number of hydrogen-bond donors (Lipinski definition) is 1. The summed E-state index contributed by atoms with van der Waals surface area (Å²) >= 11 is 12.5. The molecular formula is C15H10Br2ClN3O2. The Bertz CT molecular complexity index is 761. The van der Waals surface area contributed by atoms with E-state index in [0.717, 1.165) is 8.95 Å². The molecule has 0 bridgehead atoms. The molecule has 8 heteroatoms. The molecule has 0 aromatic heterocycles. The van der Waals surface area contributed by atoms with Gasteiger partial charge in [-0.1, -0.05) is 60.8 Å². The highest BCUT2D eigenvalue weighted by Gasteiger charge is 2.09. The molecule has 0 unspecified atom stereocenters. The summed E-state index contributed by atoms with van der Waals surface area (Å²) in [5.41, 5.74) is 3.78. The van der Waals surface area contributed by atoms with Crippen molar-refractivity contribution in [3.05, 3.63) is 72.5 Å². The van der Waals surface area contributed by atoms with Crippen molar-refractivity contribution in [3.8, 4) is 0 Å². The van der Waals surface area contributed by atoms with Gasteiger partial charge in [-0.3, -0.25) is 4.79 Å². The third-order valence-electron chi connectivity index (χ3n) is 2.79. The number of carbonyl (C=O) groups is 1. The Morgan fingerprint density at radius 1 is 1.09 bits per heavy atom. The lowest BCUT2D eigenvalue weighted by atomic mass is 10.1. The van der Waals surface area contributed by atoms with E-state index in [-0.39, 0.29) is 6.54 Å². The van der Waals surface area contributed by atoms with Crippen LogP contribution in [-0.4, -0.2) is 18.2 Å². The molecule has 0 fully saturated rings. The molecule has 0 saturated heterocycles. The monoisotopic (exact) mass is 457 g/mol. The van der Waals surface area contributed by atoms with Crippen molar-refractivity contribution in [2.75, 3.05) is 6.54 Å². The summed E-state index contributed by atoms with van der Waals surface area (Å²) in [6.07, 6.45) is 0. The van der Waals surface area contributed by atoms with Gasteiger partial charge < -0.3 is 0 Å². The van der Waals surface area contributed by atoms with Gasteiger partial charge in [0.05, 0.1) is 5.71 Å². The van der Waals surface area contributed by atoms with Crippen LogP contribution in [0.4, 0.5) is 0 Å². The fourth-order valence-corrected chi connectivity index (χ4v) is 3.27. The Hall–Kier alpha value is -1.57. The van der Waals surface area contributed by atoms with Gasteiger partial charge in [-0.05, 0) is 30.3 Å². The average molecular weight is 460 g/mol. The van der Waals surface area contributed by atoms with E-state index in [1.54, 1.807) is 36.4 Å². The summed E-state index contributed by atoms with van der Waals surface area (Å²) in [5, 5.41) is 7.33. The van der Waals surface area contributed by atoms with Gasteiger partial charge in [0.1, 0.15) is 6.54 Å². The van der Waals surface area contributed by atoms with Gasteiger partial charge in [0, 0.05) is 25.1 Å². The summed E-state index contributed by atoms with van der Waals surface area (Å²) in [7, 11) is 0. The Balaban J connectivity index is 2.23. The zero-order valence-electron chi connectivity index (χ0n) is 11.6. The minimum Gasteiger partial charge on any atom is -0.267 e. The molecule has 0 spiro atoms. The second kappa shape index (κ2) is 8.33. The zero-order valence-corrected chi connectivity index (χ0v) is 15.5. The van der Waals surface area contributed by atoms with Crippen molar-refractivity contribution < 1.29 is 4.79 Å². The summed E-state index contributed by atoms with van der Waals surface area (Å²) in [6.45, 7) is -0.178. The molecule has 2 aromatic rings. The molecule has 0 radical (unpaired) electrons. The van der Waals surface area contributed by atoms with E-state index in [1.165, 1.54) is 0 Å². The Morgan fingerprint density at radius 2 is 1.78 bits per heavy atom. The van der Waals surface area contributed by atoms with E-state index in [1.807, 2.05) is 6.07 Å². The molecule has 1 amide bonds. The molecule has 2 rings (SSSR count). The van der Waals surface area contributed by atoms with Gasteiger partial charge in [-0.25, -0.2) is 5.43 Å². The lowest BCUT2D eigenvalue weighted by Gasteiger charge is -2.06. The topological polar surface area (TPSA) is 70.9 Å². The predicted octanol–water partition coefficient (Wildman–Crippen LogP) is 4.77. The van der Waals surface area contributed by atoms with Crippen molar-refractivity contribution in [2.45, 2.75) is 0 Å². The van der Waals surface area contributed by atoms with E-state index in [2.05, 4.69) is 47.6 Å². The number of nitrogens with one attached hydrogen (secondary N) is 1. The van der Waals surface area contributed by atoms with Crippen LogP contribution in [-0.2, 0) is 0 Å². The maximum atomic E-state index is 12.2. The molecule has 0 aliphatic carbocycles. The average Bonchev–Trinajstić information content (AvgIpc) is 2.50.